The number of aromatic carboxylic acids is 1. The second-order valence-electron chi connectivity index (χ2n) is 8.44. The Morgan fingerprint density at radius 3 is 2.65 bits per heavy atom. The molecule has 0 spiro atoms. The Hall–Kier alpha value is -3.02. The van der Waals surface area contributed by atoms with Crippen molar-refractivity contribution in [3.8, 4) is 11.1 Å². The molecule has 1 fully saturated rings. The van der Waals surface area contributed by atoms with E-state index in [-0.39, 0.29) is 5.56 Å². The number of pyridine rings is 1. The molecule has 31 heavy (non-hydrogen) atoms. The van der Waals surface area contributed by atoms with Crippen molar-refractivity contribution in [3.63, 3.8) is 0 Å². The normalized spacial score (nSPS) is 14.6. The smallest absolute Gasteiger partial charge is 0.336 e. The van der Waals surface area contributed by atoms with Crippen LogP contribution >= 0.6 is 0 Å². The third kappa shape index (κ3) is 5.19. The molecular formula is C25H30N4O2. The van der Waals surface area contributed by atoms with Crippen molar-refractivity contribution in [3.05, 3.63) is 65.5 Å². The van der Waals surface area contributed by atoms with Gasteiger partial charge in [0, 0.05) is 36.8 Å². The molecule has 0 atom stereocenters. The highest BCUT2D eigenvalue weighted by atomic mass is 16.4. The van der Waals surface area contributed by atoms with Crippen LogP contribution in [0.15, 0.2) is 42.6 Å². The fourth-order valence-corrected chi connectivity index (χ4v) is 4.46. The Bertz CT molecular complexity index is 1020. The third-order valence-corrected chi connectivity index (χ3v) is 6.06. The zero-order chi connectivity index (χ0) is 21.6. The lowest BCUT2D eigenvalue weighted by atomic mass is 9.87. The van der Waals surface area contributed by atoms with Gasteiger partial charge in [-0.05, 0) is 30.0 Å². The van der Waals surface area contributed by atoms with Crippen LogP contribution in [0.4, 0.5) is 0 Å². The molecule has 2 aromatic heterocycles. The molecule has 2 heterocycles. The number of aryl methyl sites for hydroxylation is 1. The van der Waals surface area contributed by atoms with Gasteiger partial charge < -0.3 is 5.11 Å². The summed E-state index contributed by atoms with van der Waals surface area (Å²) in [6.45, 7) is 3.01. The number of nitrogens with zero attached hydrogens (tertiary/aromatic N) is 4. The fourth-order valence-electron chi connectivity index (χ4n) is 4.46. The number of hydrogen-bond donors (Lipinski definition) is 1. The predicted octanol–water partition coefficient (Wildman–Crippen LogP) is 5.16. The summed E-state index contributed by atoms with van der Waals surface area (Å²) >= 11 is 0. The highest BCUT2D eigenvalue weighted by Crippen LogP contribution is 2.26. The van der Waals surface area contributed by atoms with Gasteiger partial charge in [-0.15, -0.1) is 0 Å². The summed E-state index contributed by atoms with van der Waals surface area (Å²) in [5, 5.41) is 14.2. The molecule has 4 rings (SSSR count). The minimum atomic E-state index is -0.933. The average molecular weight is 419 g/mol. The Morgan fingerprint density at radius 2 is 1.94 bits per heavy atom. The maximum atomic E-state index is 11.5. The topological polar surface area (TPSA) is 80.9 Å². The van der Waals surface area contributed by atoms with Crippen molar-refractivity contribution >= 4 is 5.97 Å². The molecule has 1 aliphatic rings. The molecule has 0 radical (unpaired) electrons. The lowest BCUT2D eigenvalue weighted by Gasteiger charge is -2.19. The predicted molar refractivity (Wildman–Crippen MR) is 120 cm³/mol. The number of carbonyl (C=O) groups is 1. The first-order valence-corrected chi connectivity index (χ1v) is 11.3. The summed E-state index contributed by atoms with van der Waals surface area (Å²) in [7, 11) is 0. The number of rotatable bonds is 8. The SMILES string of the molecule is CCCn1nc(CC2CCCCC2)nc1Cc1ccc(-c2ccccc2C(=O)O)cn1. The molecule has 162 valence electrons. The van der Waals surface area contributed by atoms with E-state index < -0.39 is 5.97 Å². The van der Waals surface area contributed by atoms with Gasteiger partial charge in [-0.2, -0.15) is 5.10 Å². The Balaban J connectivity index is 1.51. The van der Waals surface area contributed by atoms with Gasteiger partial charge in [0.05, 0.1) is 5.56 Å². The molecule has 0 saturated heterocycles. The summed E-state index contributed by atoms with van der Waals surface area (Å²) < 4.78 is 2.04. The summed E-state index contributed by atoms with van der Waals surface area (Å²) in [6.07, 6.45) is 11.0. The van der Waals surface area contributed by atoms with E-state index in [4.69, 9.17) is 10.1 Å². The van der Waals surface area contributed by atoms with E-state index in [0.717, 1.165) is 42.3 Å². The number of aromatic nitrogens is 4. The van der Waals surface area contributed by atoms with Crippen LogP contribution in [0, 0.1) is 5.92 Å². The van der Waals surface area contributed by atoms with Crippen LogP contribution in [-0.4, -0.2) is 30.8 Å². The van der Waals surface area contributed by atoms with Crippen LogP contribution in [0.25, 0.3) is 11.1 Å². The number of hydrogen-bond acceptors (Lipinski definition) is 4. The van der Waals surface area contributed by atoms with Crippen molar-refractivity contribution < 1.29 is 9.90 Å². The molecule has 3 aromatic rings. The maximum absolute atomic E-state index is 11.5. The summed E-state index contributed by atoms with van der Waals surface area (Å²) in [6, 6.07) is 10.9. The molecule has 1 aromatic carbocycles. The van der Waals surface area contributed by atoms with Gasteiger partial charge in [-0.1, -0.05) is 63.3 Å². The van der Waals surface area contributed by atoms with Gasteiger partial charge in [0.15, 0.2) is 5.82 Å². The van der Waals surface area contributed by atoms with Crippen molar-refractivity contribution in [1.29, 1.82) is 0 Å². The van der Waals surface area contributed by atoms with Crippen molar-refractivity contribution in [2.75, 3.05) is 0 Å². The zero-order valence-corrected chi connectivity index (χ0v) is 18.1. The van der Waals surface area contributed by atoms with E-state index in [0.29, 0.717) is 17.9 Å². The molecule has 0 bridgehead atoms. The van der Waals surface area contributed by atoms with E-state index in [1.165, 1.54) is 32.1 Å². The van der Waals surface area contributed by atoms with Gasteiger partial charge >= 0.3 is 5.97 Å². The van der Waals surface area contributed by atoms with Crippen LogP contribution in [0.1, 0.15) is 73.1 Å². The second-order valence-corrected chi connectivity index (χ2v) is 8.44. The van der Waals surface area contributed by atoms with Crippen LogP contribution < -0.4 is 0 Å². The van der Waals surface area contributed by atoms with Crippen LogP contribution in [0.3, 0.4) is 0 Å². The first kappa shape index (κ1) is 21.2. The zero-order valence-electron chi connectivity index (χ0n) is 18.1. The molecule has 1 saturated carbocycles. The molecule has 0 amide bonds. The lowest BCUT2D eigenvalue weighted by Crippen LogP contribution is -2.10. The molecular weight excluding hydrogens is 388 g/mol. The molecule has 1 aliphatic carbocycles. The fraction of sp³-hybridized carbons (Fsp3) is 0.440. The lowest BCUT2D eigenvalue weighted by molar-refractivity contribution is 0.0697. The van der Waals surface area contributed by atoms with Gasteiger partial charge in [0.2, 0.25) is 0 Å². The quantitative estimate of drug-likeness (QED) is 0.546. The summed E-state index contributed by atoms with van der Waals surface area (Å²) in [4.78, 5) is 21.0. The molecule has 6 nitrogen and oxygen atoms in total. The standard InChI is InChI=1S/C25H30N4O2/c1-2-14-29-24(27-23(28-29)15-18-8-4-3-5-9-18)16-20-13-12-19(17-26-20)21-10-6-7-11-22(21)25(30)31/h6-7,10-13,17-18H,2-5,8-9,14-16H2,1H3,(H,30,31). The second kappa shape index (κ2) is 9.86. The van der Waals surface area contributed by atoms with Gasteiger partial charge in [0.1, 0.15) is 5.82 Å². The van der Waals surface area contributed by atoms with Crippen molar-refractivity contribution in [2.24, 2.45) is 5.92 Å². The molecule has 0 unspecified atom stereocenters. The van der Waals surface area contributed by atoms with E-state index in [9.17, 15) is 9.90 Å². The van der Waals surface area contributed by atoms with Crippen LogP contribution in [-0.2, 0) is 19.4 Å². The van der Waals surface area contributed by atoms with Crippen LogP contribution in [0.5, 0.6) is 0 Å². The van der Waals surface area contributed by atoms with Crippen molar-refractivity contribution in [2.45, 2.75) is 64.8 Å². The largest absolute Gasteiger partial charge is 0.478 e. The Kier molecular flexibility index (Phi) is 6.75. The van der Waals surface area contributed by atoms with Crippen molar-refractivity contribution in [1.82, 2.24) is 19.7 Å². The monoisotopic (exact) mass is 418 g/mol. The third-order valence-electron chi connectivity index (χ3n) is 6.06. The first-order valence-electron chi connectivity index (χ1n) is 11.3. The summed E-state index contributed by atoms with van der Waals surface area (Å²) in [5.41, 5.74) is 2.67. The molecule has 0 aliphatic heterocycles. The minimum Gasteiger partial charge on any atom is -0.478 e. The number of carboxylic acids is 1. The molecule has 6 heteroatoms. The van der Waals surface area contributed by atoms with Gasteiger partial charge in [-0.25, -0.2) is 14.5 Å². The van der Waals surface area contributed by atoms with Gasteiger partial charge in [0.25, 0.3) is 0 Å². The number of benzene rings is 1. The maximum Gasteiger partial charge on any atom is 0.336 e. The van der Waals surface area contributed by atoms with Gasteiger partial charge in [-0.3, -0.25) is 4.98 Å². The van der Waals surface area contributed by atoms with E-state index >= 15 is 0 Å². The average Bonchev–Trinajstić information content (AvgIpc) is 3.16. The van der Waals surface area contributed by atoms with E-state index in [2.05, 4.69) is 11.9 Å². The minimum absolute atomic E-state index is 0.284. The first-order chi connectivity index (χ1) is 15.1. The van der Waals surface area contributed by atoms with E-state index in [1.807, 2.05) is 28.9 Å². The highest BCUT2D eigenvalue weighted by Gasteiger charge is 2.18. The van der Waals surface area contributed by atoms with E-state index in [1.54, 1.807) is 18.3 Å². The number of carboxylic acid groups (broad SMARTS) is 1. The highest BCUT2D eigenvalue weighted by molar-refractivity contribution is 5.95. The van der Waals surface area contributed by atoms with Crippen LogP contribution in [0.2, 0.25) is 0 Å². The summed E-state index contributed by atoms with van der Waals surface area (Å²) in [5.74, 6) is 1.70. The Labute approximate surface area is 183 Å². The molecule has 1 N–H and O–H groups in total. The Morgan fingerprint density at radius 1 is 1.13 bits per heavy atom.